The van der Waals surface area contributed by atoms with Crippen LogP contribution in [0.25, 0.3) is 0 Å². The highest BCUT2D eigenvalue weighted by atomic mass is 16.6. The summed E-state index contributed by atoms with van der Waals surface area (Å²) in [6.07, 6.45) is 1.00. The number of likely N-dealkylation sites (N-methyl/N-ethyl adjacent to an activating group) is 1. The molecule has 0 saturated carbocycles. The van der Waals surface area contributed by atoms with Crippen LogP contribution in [0.5, 0.6) is 0 Å². The molecule has 0 amide bonds. The molecule has 1 atom stereocenters. The predicted molar refractivity (Wildman–Crippen MR) is 69.9 cm³/mol. The summed E-state index contributed by atoms with van der Waals surface area (Å²) in [5.41, 5.74) is 0.898. The number of anilines is 1. The van der Waals surface area contributed by atoms with Gasteiger partial charge >= 0.3 is 5.69 Å². The molecule has 0 aliphatic carbocycles. The van der Waals surface area contributed by atoms with Crippen molar-refractivity contribution in [3.8, 4) is 0 Å². The maximum atomic E-state index is 11.1. The number of hydrogen-bond acceptors (Lipinski definition) is 5. The average molecular weight is 250 g/mol. The fourth-order valence-corrected chi connectivity index (χ4v) is 2.38. The van der Waals surface area contributed by atoms with Crippen molar-refractivity contribution in [3.63, 3.8) is 0 Å². The molecule has 98 valence electrons. The van der Waals surface area contributed by atoms with E-state index < -0.39 is 0 Å². The fourth-order valence-electron chi connectivity index (χ4n) is 2.38. The Hall–Kier alpha value is -1.69. The Kier molecular flexibility index (Phi) is 3.76. The van der Waals surface area contributed by atoms with Gasteiger partial charge in [-0.2, -0.15) is 0 Å². The number of hydrogen-bond donors (Lipinski definition) is 1. The minimum absolute atomic E-state index is 0.0920. The molecule has 6 heteroatoms. The molecule has 1 aromatic rings. The van der Waals surface area contributed by atoms with Gasteiger partial charge in [0.2, 0.25) is 5.82 Å². The van der Waals surface area contributed by atoms with Crippen molar-refractivity contribution in [1.82, 2.24) is 10.3 Å². The lowest BCUT2D eigenvalue weighted by Gasteiger charge is -2.28. The van der Waals surface area contributed by atoms with Gasteiger partial charge in [-0.25, -0.2) is 4.98 Å². The molecule has 1 aromatic heterocycles. The van der Waals surface area contributed by atoms with Crippen molar-refractivity contribution < 1.29 is 4.92 Å². The SMILES string of the molecule is CCN(c1nc(C)ccc1[N+](=O)[O-])C1CCNC1. The average Bonchev–Trinajstić information content (AvgIpc) is 2.83. The largest absolute Gasteiger partial charge is 0.347 e. The zero-order chi connectivity index (χ0) is 13.1. The van der Waals surface area contributed by atoms with Crippen molar-refractivity contribution in [3.05, 3.63) is 27.9 Å². The monoisotopic (exact) mass is 250 g/mol. The van der Waals surface area contributed by atoms with Crippen LogP contribution in [-0.4, -0.2) is 35.6 Å². The van der Waals surface area contributed by atoms with Gasteiger partial charge in [0.15, 0.2) is 0 Å². The predicted octanol–water partition coefficient (Wildman–Crippen LogP) is 1.49. The van der Waals surface area contributed by atoms with Crippen LogP contribution in [0, 0.1) is 17.0 Å². The van der Waals surface area contributed by atoms with Crippen LogP contribution in [0.2, 0.25) is 0 Å². The first kappa shape index (κ1) is 12.8. The van der Waals surface area contributed by atoms with Gasteiger partial charge in [0, 0.05) is 30.9 Å². The van der Waals surface area contributed by atoms with Gasteiger partial charge in [0.25, 0.3) is 0 Å². The second kappa shape index (κ2) is 5.30. The van der Waals surface area contributed by atoms with Crippen LogP contribution in [0.3, 0.4) is 0 Å². The third-order valence-electron chi connectivity index (χ3n) is 3.28. The lowest BCUT2D eigenvalue weighted by molar-refractivity contribution is -0.384. The van der Waals surface area contributed by atoms with Gasteiger partial charge in [-0.05, 0) is 32.9 Å². The van der Waals surface area contributed by atoms with E-state index in [0.29, 0.717) is 11.9 Å². The fraction of sp³-hybridized carbons (Fsp3) is 0.583. The standard InChI is InChI=1S/C12H18N4O2/c1-3-15(10-6-7-13-8-10)12-11(16(17)18)5-4-9(2)14-12/h4-5,10,13H,3,6-8H2,1-2H3. The first-order valence-electron chi connectivity index (χ1n) is 6.23. The topological polar surface area (TPSA) is 71.3 Å². The number of pyridine rings is 1. The molecular weight excluding hydrogens is 232 g/mol. The quantitative estimate of drug-likeness (QED) is 0.647. The minimum Gasteiger partial charge on any atom is -0.347 e. The van der Waals surface area contributed by atoms with E-state index in [1.807, 2.05) is 18.7 Å². The first-order valence-corrected chi connectivity index (χ1v) is 6.23. The highest BCUT2D eigenvalue weighted by molar-refractivity contribution is 5.58. The van der Waals surface area contributed by atoms with Crippen molar-refractivity contribution in [2.24, 2.45) is 0 Å². The van der Waals surface area contributed by atoms with Gasteiger partial charge in [-0.15, -0.1) is 0 Å². The molecule has 2 rings (SSSR count). The van der Waals surface area contributed by atoms with Crippen LogP contribution in [-0.2, 0) is 0 Å². The molecule has 1 saturated heterocycles. The summed E-state index contributed by atoms with van der Waals surface area (Å²) in [5.74, 6) is 0.496. The maximum absolute atomic E-state index is 11.1. The van der Waals surface area contributed by atoms with Gasteiger partial charge in [0.05, 0.1) is 4.92 Å². The molecule has 6 nitrogen and oxygen atoms in total. The number of nitrogens with one attached hydrogen (secondary N) is 1. The molecule has 0 spiro atoms. The minimum atomic E-state index is -0.354. The highest BCUT2D eigenvalue weighted by Gasteiger charge is 2.28. The Morgan fingerprint density at radius 3 is 2.94 bits per heavy atom. The summed E-state index contributed by atoms with van der Waals surface area (Å²) in [6, 6.07) is 3.52. The molecule has 2 heterocycles. The second-order valence-corrected chi connectivity index (χ2v) is 4.49. The molecule has 18 heavy (non-hydrogen) atoms. The van der Waals surface area contributed by atoms with E-state index in [9.17, 15) is 10.1 Å². The number of nitrogens with zero attached hydrogens (tertiary/aromatic N) is 3. The molecule has 1 aliphatic rings. The zero-order valence-corrected chi connectivity index (χ0v) is 10.7. The Balaban J connectivity index is 2.39. The zero-order valence-electron chi connectivity index (χ0n) is 10.7. The molecule has 0 bridgehead atoms. The van der Waals surface area contributed by atoms with Crippen molar-refractivity contribution >= 4 is 11.5 Å². The normalized spacial score (nSPS) is 18.9. The highest BCUT2D eigenvalue weighted by Crippen LogP contribution is 2.28. The second-order valence-electron chi connectivity index (χ2n) is 4.49. The van der Waals surface area contributed by atoms with Gasteiger partial charge < -0.3 is 10.2 Å². The van der Waals surface area contributed by atoms with Gasteiger partial charge in [-0.3, -0.25) is 10.1 Å². The number of rotatable bonds is 4. The molecule has 0 aromatic carbocycles. The van der Waals surface area contributed by atoms with Crippen LogP contribution in [0.4, 0.5) is 11.5 Å². The van der Waals surface area contributed by atoms with Crippen LogP contribution < -0.4 is 10.2 Å². The Bertz CT molecular complexity index is 444. The Morgan fingerprint density at radius 2 is 2.39 bits per heavy atom. The van der Waals surface area contributed by atoms with E-state index in [-0.39, 0.29) is 10.6 Å². The molecule has 1 fully saturated rings. The van der Waals surface area contributed by atoms with E-state index >= 15 is 0 Å². The molecule has 1 N–H and O–H groups in total. The number of aryl methyl sites for hydroxylation is 1. The Morgan fingerprint density at radius 1 is 1.61 bits per heavy atom. The number of aromatic nitrogens is 1. The van der Waals surface area contributed by atoms with Crippen molar-refractivity contribution in [2.75, 3.05) is 24.5 Å². The van der Waals surface area contributed by atoms with Gasteiger partial charge in [-0.1, -0.05) is 0 Å². The maximum Gasteiger partial charge on any atom is 0.311 e. The van der Waals surface area contributed by atoms with Crippen molar-refractivity contribution in [2.45, 2.75) is 26.3 Å². The molecule has 1 aliphatic heterocycles. The first-order chi connectivity index (χ1) is 8.63. The summed E-state index contributed by atoms with van der Waals surface area (Å²) in [7, 11) is 0. The summed E-state index contributed by atoms with van der Waals surface area (Å²) in [4.78, 5) is 17.1. The Labute approximate surface area is 106 Å². The molecule has 0 radical (unpaired) electrons. The van der Waals surface area contributed by atoms with Crippen LogP contribution in [0.1, 0.15) is 19.0 Å². The smallest absolute Gasteiger partial charge is 0.311 e. The van der Waals surface area contributed by atoms with E-state index in [4.69, 9.17) is 0 Å². The van der Waals surface area contributed by atoms with Crippen LogP contribution >= 0.6 is 0 Å². The number of nitro groups is 1. The third kappa shape index (κ3) is 2.43. The van der Waals surface area contributed by atoms with Crippen LogP contribution in [0.15, 0.2) is 12.1 Å². The summed E-state index contributed by atoms with van der Waals surface area (Å²) in [6.45, 7) is 6.41. The van der Waals surface area contributed by atoms with E-state index in [2.05, 4.69) is 10.3 Å². The van der Waals surface area contributed by atoms with Gasteiger partial charge in [0.1, 0.15) is 0 Å². The summed E-state index contributed by atoms with van der Waals surface area (Å²) < 4.78 is 0. The third-order valence-corrected chi connectivity index (χ3v) is 3.28. The van der Waals surface area contributed by atoms with E-state index in [1.165, 1.54) is 0 Å². The summed E-state index contributed by atoms with van der Waals surface area (Å²) >= 11 is 0. The lowest BCUT2D eigenvalue weighted by atomic mass is 10.2. The molecule has 1 unspecified atom stereocenters. The summed E-state index contributed by atoms with van der Waals surface area (Å²) in [5, 5.41) is 14.4. The molecular formula is C12H18N4O2. The van der Waals surface area contributed by atoms with E-state index in [0.717, 1.165) is 31.7 Å². The van der Waals surface area contributed by atoms with E-state index in [1.54, 1.807) is 12.1 Å². The lowest BCUT2D eigenvalue weighted by Crippen LogP contribution is -2.37. The van der Waals surface area contributed by atoms with Crippen molar-refractivity contribution in [1.29, 1.82) is 0 Å².